The van der Waals surface area contributed by atoms with Crippen LogP contribution in [0.1, 0.15) is 25.0 Å². The Balaban J connectivity index is 0.783. The molecule has 0 fully saturated rings. The molecule has 0 saturated heterocycles. The fourth-order valence-corrected chi connectivity index (χ4v) is 10.2. The summed E-state index contributed by atoms with van der Waals surface area (Å²) in [6.45, 7) is 4.62. The molecule has 0 N–H and O–H groups in total. The summed E-state index contributed by atoms with van der Waals surface area (Å²) in [7, 11) is 0. The van der Waals surface area contributed by atoms with Crippen LogP contribution in [0.3, 0.4) is 0 Å². The van der Waals surface area contributed by atoms with Crippen molar-refractivity contribution in [3.63, 3.8) is 0 Å². The molecule has 0 spiro atoms. The first-order chi connectivity index (χ1) is 34.9. The van der Waals surface area contributed by atoms with Crippen molar-refractivity contribution < 1.29 is 8.83 Å². The number of para-hydroxylation sites is 5. The Kier molecular flexibility index (Phi) is 10.1. The first kappa shape index (κ1) is 41.9. The lowest BCUT2D eigenvalue weighted by Gasteiger charge is -2.42. The highest BCUT2D eigenvalue weighted by molar-refractivity contribution is 5.89. The molecule has 0 atom stereocenters. The Morgan fingerprint density at radius 1 is 0.352 bits per heavy atom. The number of hydrogen-bond acceptors (Lipinski definition) is 6. The van der Waals surface area contributed by atoms with Gasteiger partial charge in [-0.05, 0) is 154 Å². The Morgan fingerprint density at radius 3 is 1.44 bits per heavy atom. The van der Waals surface area contributed by atoms with Gasteiger partial charge in [-0.2, -0.15) is 0 Å². The molecule has 3 heterocycles. The van der Waals surface area contributed by atoms with E-state index in [1.165, 1.54) is 22.4 Å². The minimum Gasteiger partial charge on any atom is -0.436 e. The molecule has 13 rings (SSSR count). The molecule has 71 heavy (non-hydrogen) atoms. The van der Waals surface area contributed by atoms with E-state index >= 15 is 0 Å². The lowest BCUT2D eigenvalue weighted by molar-refractivity contribution is 0.615. The van der Waals surface area contributed by atoms with Crippen LogP contribution in [0.2, 0.25) is 0 Å². The van der Waals surface area contributed by atoms with Gasteiger partial charge in [0.1, 0.15) is 11.0 Å². The molecule has 0 aliphatic carbocycles. The first-order valence-electron chi connectivity index (χ1n) is 24.0. The standard InChI is InChI=1S/C65H46N4O2/c1-65(2)55-17-6-9-20-59(55)69(60-40-33-50(42-56(60)65)64-67-58-19-8-11-22-62(58)71-64)53-36-29-47(30-37-53)45-25-23-44(24-26-45)46-27-34-51(35-28-46)68(54-16-12-15-49(41-54)43-13-4-3-5-14-43)52-38-31-48(32-39-52)63-66-57-18-7-10-21-61(57)70-63/h3-42H,1-2H3. The lowest BCUT2D eigenvalue weighted by Crippen LogP contribution is -2.30. The van der Waals surface area contributed by atoms with Crippen LogP contribution in [0.5, 0.6) is 0 Å². The predicted molar refractivity (Wildman–Crippen MR) is 290 cm³/mol. The van der Waals surface area contributed by atoms with Crippen molar-refractivity contribution in [1.29, 1.82) is 0 Å². The maximum Gasteiger partial charge on any atom is 0.227 e. The van der Waals surface area contributed by atoms with E-state index in [0.717, 1.165) is 89.6 Å². The van der Waals surface area contributed by atoms with E-state index in [9.17, 15) is 0 Å². The van der Waals surface area contributed by atoms with Gasteiger partial charge < -0.3 is 18.6 Å². The number of fused-ring (bicyclic) bond motifs is 4. The Hall–Kier alpha value is -9.26. The Bertz CT molecular complexity index is 3830. The fraction of sp³-hybridized carbons (Fsp3) is 0.0462. The molecule has 12 aromatic rings. The number of oxazole rings is 2. The van der Waals surface area contributed by atoms with Crippen molar-refractivity contribution in [1.82, 2.24) is 9.97 Å². The maximum absolute atomic E-state index is 6.23. The van der Waals surface area contributed by atoms with Crippen molar-refractivity contribution in [2.75, 3.05) is 9.80 Å². The van der Waals surface area contributed by atoms with Gasteiger partial charge in [0.05, 0.1) is 11.4 Å². The molecule has 2 aromatic heterocycles. The smallest absolute Gasteiger partial charge is 0.227 e. The molecule has 6 heteroatoms. The number of rotatable bonds is 9. The number of nitrogens with zero attached hydrogens (tertiary/aromatic N) is 4. The van der Waals surface area contributed by atoms with Crippen LogP contribution in [0, 0.1) is 0 Å². The molecule has 0 saturated carbocycles. The third-order valence-electron chi connectivity index (χ3n) is 14.0. The molecule has 1 aliphatic rings. The van der Waals surface area contributed by atoms with Crippen LogP contribution >= 0.6 is 0 Å². The van der Waals surface area contributed by atoms with Gasteiger partial charge in [0.15, 0.2) is 11.2 Å². The highest BCUT2D eigenvalue weighted by atomic mass is 16.4. The minimum atomic E-state index is -0.248. The number of aromatic nitrogens is 2. The lowest BCUT2D eigenvalue weighted by atomic mass is 9.73. The Labute approximate surface area is 412 Å². The van der Waals surface area contributed by atoms with Gasteiger partial charge in [0.25, 0.3) is 0 Å². The summed E-state index contributed by atoms with van der Waals surface area (Å²) < 4.78 is 12.4. The molecule has 0 radical (unpaired) electrons. The third-order valence-corrected chi connectivity index (χ3v) is 14.0. The van der Waals surface area contributed by atoms with Gasteiger partial charge in [0, 0.05) is 39.3 Å². The van der Waals surface area contributed by atoms with Crippen molar-refractivity contribution >= 4 is 56.3 Å². The average molecular weight is 915 g/mol. The Morgan fingerprint density at radius 2 is 0.817 bits per heavy atom. The molecule has 1 aliphatic heterocycles. The monoisotopic (exact) mass is 914 g/mol. The number of anilines is 6. The molecule has 10 aromatic carbocycles. The molecule has 0 amide bonds. The summed E-state index contributed by atoms with van der Waals surface area (Å²) in [4.78, 5) is 14.3. The van der Waals surface area contributed by atoms with Crippen LogP contribution in [-0.4, -0.2) is 9.97 Å². The number of benzene rings is 10. The van der Waals surface area contributed by atoms with Gasteiger partial charge >= 0.3 is 0 Å². The predicted octanol–water partition coefficient (Wildman–Crippen LogP) is 17.9. The SMILES string of the molecule is CC1(C)c2ccccc2N(c2ccc(-c3ccc(-c4ccc(N(c5ccc(-c6nc7ccccc7o6)cc5)c5cccc(-c6ccccc6)c5)cc4)cc3)cc2)c2ccc(-c3nc4ccccc4o3)cc21. The number of hydrogen-bond donors (Lipinski definition) is 0. The second kappa shape index (κ2) is 17.1. The van der Waals surface area contributed by atoms with E-state index in [1.54, 1.807) is 0 Å². The molecular weight excluding hydrogens is 869 g/mol. The second-order valence-corrected chi connectivity index (χ2v) is 18.7. The summed E-state index contributed by atoms with van der Waals surface area (Å²) >= 11 is 0. The van der Waals surface area contributed by atoms with Gasteiger partial charge in [-0.15, -0.1) is 0 Å². The van der Waals surface area contributed by atoms with Gasteiger partial charge in [-0.25, -0.2) is 9.97 Å². The van der Waals surface area contributed by atoms with Crippen molar-refractivity contribution in [2.24, 2.45) is 0 Å². The van der Waals surface area contributed by atoms with Crippen LogP contribution in [0.25, 0.3) is 78.5 Å². The second-order valence-electron chi connectivity index (χ2n) is 18.7. The van der Waals surface area contributed by atoms with E-state index in [1.807, 2.05) is 48.5 Å². The summed E-state index contributed by atoms with van der Waals surface area (Å²) in [5.41, 5.74) is 20.9. The zero-order valence-corrected chi connectivity index (χ0v) is 39.2. The fourth-order valence-electron chi connectivity index (χ4n) is 10.2. The van der Waals surface area contributed by atoms with E-state index in [-0.39, 0.29) is 5.41 Å². The van der Waals surface area contributed by atoms with E-state index < -0.39 is 0 Å². The molecule has 0 unspecified atom stereocenters. The van der Waals surface area contributed by atoms with E-state index in [2.05, 4.69) is 218 Å². The maximum atomic E-state index is 6.23. The zero-order valence-electron chi connectivity index (χ0n) is 39.2. The van der Waals surface area contributed by atoms with Crippen molar-refractivity contribution in [3.05, 3.63) is 254 Å². The van der Waals surface area contributed by atoms with Crippen LogP contribution in [0.4, 0.5) is 34.1 Å². The highest BCUT2D eigenvalue weighted by Crippen LogP contribution is 2.53. The normalized spacial score (nSPS) is 12.7. The van der Waals surface area contributed by atoms with E-state index in [0.29, 0.717) is 11.8 Å². The summed E-state index contributed by atoms with van der Waals surface area (Å²) in [6, 6.07) is 85.5. The van der Waals surface area contributed by atoms with Gasteiger partial charge in [-0.3, -0.25) is 0 Å². The zero-order chi connectivity index (χ0) is 47.5. The van der Waals surface area contributed by atoms with Gasteiger partial charge in [0.2, 0.25) is 11.8 Å². The molecule has 338 valence electrons. The molecule has 6 nitrogen and oxygen atoms in total. The first-order valence-corrected chi connectivity index (χ1v) is 24.0. The highest BCUT2D eigenvalue weighted by Gasteiger charge is 2.37. The van der Waals surface area contributed by atoms with Crippen LogP contribution < -0.4 is 9.80 Å². The van der Waals surface area contributed by atoms with Crippen LogP contribution in [0.15, 0.2) is 251 Å². The topological polar surface area (TPSA) is 58.5 Å². The van der Waals surface area contributed by atoms with Crippen molar-refractivity contribution in [2.45, 2.75) is 19.3 Å². The third kappa shape index (κ3) is 7.54. The summed E-state index contributed by atoms with van der Waals surface area (Å²) in [6.07, 6.45) is 0. The quantitative estimate of drug-likeness (QED) is 0.144. The molecule has 0 bridgehead atoms. The summed E-state index contributed by atoms with van der Waals surface area (Å²) in [5, 5.41) is 0. The van der Waals surface area contributed by atoms with Gasteiger partial charge in [-0.1, -0.05) is 147 Å². The average Bonchev–Trinajstić information content (AvgIpc) is 4.08. The van der Waals surface area contributed by atoms with E-state index in [4.69, 9.17) is 18.8 Å². The largest absolute Gasteiger partial charge is 0.436 e. The van der Waals surface area contributed by atoms with Crippen molar-refractivity contribution in [3.8, 4) is 56.3 Å². The molecular formula is C65H46N4O2. The summed E-state index contributed by atoms with van der Waals surface area (Å²) in [5.74, 6) is 1.24. The van der Waals surface area contributed by atoms with Crippen LogP contribution in [-0.2, 0) is 5.41 Å². The minimum absolute atomic E-state index is 0.248.